The predicted octanol–water partition coefficient (Wildman–Crippen LogP) is 3.96. The van der Waals surface area contributed by atoms with Crippen LogP contribution < -0.4 is 9.64 Å². The number of hydrogen-bond acceptors (Lipinski definition) is 5. The van der Waals surface area contributed by atoms with Gasteiger partial charge in [0.25, 0.3) is 0 Å². The van der Waals surface area contributed by atoms with Crippen LogP contribution in [-0.2, 0) is 14.3 Å². The number of methoxy groups -OCH3 is 1. The maximum Gasteiger partial charge on any atom is 0.321 e. The summed E-state index contributed by atoms with van der Waals surface area (Å²) < 4.78 is 12.7. The van der Waals surface area contributed by atoms with Crippen molar-refractivity contribution in [3.05, 3.63) is 54.1 Å². The molecule has 1 amide bonds. The molecule has 0 spiro atoms. The van der Waals surface area contributed by atoms with Crippen molar-refractivity contribution in [3.63, 3.8) is 0 Å². The van der Waals surface area contributed by atoms with Crippen molar-refractivity contribution < 1.29 is 19.1 Å². The van der Waals surface area contributed by atoms with E-state index in [0.717, 1.165) is 29.4 Å². The lowest BCUT2D eigenvalue weighted by Gasteiger charge is -2.38. The smallest absolute Gasteiger partial charge is 0.321 e. The first-order valence-electron chi connectivity index (χ1n) is 10.7. The van der Waals surface area contributed by atoms with Gasteiger partial charge in [-0.2, -0.15) is 0 Å². The highest BCUT2D eigenvalue weighted by atomic mass is 16.5. The number of esters is 1. The molecule has 1 aromatic heterocycles. The third kappa shape index (κ3) is 3.65. The molecule has 2 aromatic carbocycles. The highest BCUT2D eigenvalue weighted by molar-refractivity contribution is 6.08. The van der Waals surface area contributed by atoms with Crippen molar-refractivity contribution in [1.82, 2.24) is 9.55 Å². The number of imidazole rings is 1. The summed E-state index contributed by atoms with van der Waals surface area (Å²) >= 11 is 0. The van der Waals surface area contributed by atoms with Crippen LogP contribution >= 0.6 is 0 Å². The van der Waals surface area contributed by atoms with Crippen LogP contribution in [-0.4, -0.2) is 41.7 Å². The first-order valence-corrected chi connectivity index (χ1v) is 10.7. The minimum atomic E-state index is -0.990. The molecule has 7 nitrogen and oxygen atoms in total. The van der Waals surface area contributed by atoms with Gasteiger partial charge in [-0.1, -0.05) is 37.6 Å². The third-order valence-corrected chi connectivity index (χ3v) is 5.68. The van der Waals surface area contributed by atoms with E-state index in [0.29, 0.717) is 18.2 Å². The van der Waals surface area contributed by atoms with Gasteiger partial charge in [-0.15, -0.1) is 0 Å². The average molecular weight is 421 g/mol. The van der Waals surface area contributed by atoms with Crippen molar-refractivity contribution in [3.8, 4) is 5.75 Å². The molecular formula is C24H27N3O4. The Hall–Kier alpha value is -3.35. The number of rotatable bonds is 7. The Morgan fingerprint density at radius 2 is 1.84 bits per heavy atom. The number of carbonyl (C=O) groups excluding carboxylic acids is 2. The molecule has 3 aromatic rings. The zero-order chi connectivity index (χ0) is 22.0. The van der Waals surface area contributed by atoms with Gasteiger partial charge in [-0.25, -0.2) is 4.98 Å². The number of hydrogen-bond donors (Lipinski definition) is 0. The molecule has 0 bridgehead atoms. The van der Waals surface area contributed by atoms with E-state index in [9.17, 15) is 9.59 Å². The third-order valence-electron chi connectivity index (χ3n) is 5.68. The summed E-state index contributed by atoms with van der Waals surface area (Å²) in [5.41, 5.74) is 2.49. The summed E-state index contributed by atoms with van der Waals surface area (Å²) in [6.45, 7) is 4.54. The molecule has 2 atom stereocenters. The molecule has 4 rings (SSSR count). The van der Waals surface area contributed by atoms with Gasteiger partial charge in [0.1, 0.15) is 5.75 Å². The van der Waals surface area contributed by atoms with Gasteiger partial charge in [0.15, 0.2) is 5.92 Å². The number of aromatic nitrogens is 2. The fraction of sp³-hybridized carbons (Fsp3) is 0.375. The number of unbranched alkanes of at least 4 members (excludes halogenated alkanes) is 1. The monoisotopic (exact) mass is 421 g/mol. The van der Waals surface area contributed by atoms with Gasteiger partial charge in [0.2, 0.25) is 11.9 Å². The second-order valence-corrected chi connectivity index (χ2v) is 7.56. The molecule has 31 heavy (non-hydrogen) atoms. The normalized spacial score (nSPS) is 18.2. The fourth-order valence-electron chi connectivity index (χ4n) is 4.18. The van der Waals surface area contributed by atoms with E-state index in [1.54, 1.807) is 18.9 Å². The van der Waals surface area contributed by atoms with Crippen LogP contribution in [0.5, 0.6) is 5.75 Å². The minimum Gasteiger partial charge on any atom is -0.497 e. The highest BCUT2D eigenvalue weighted by Gasteiger charge is 2.47. The fourth-order valence-corrected chi connectivity index (χ4v) is 4.18. The SMILES string of the molecule is CCCCN1C(=O)C(C(=O)OCC)C(c2ccc(OC)cc2)n2c1nc1ccccc12. The summed E-state index contributed by atoms with van der Waals surface area (Å²) in [5, 5.41) is 0. The number of para-hydroxylation sites is 2. The molecule has 1 aliphatic heterocycles. The van der Waals surface area contributed by atoms with Crippen LogP contribution in [0.15, 0.2) is 48.5 Å². The van der Waals surface area contributed by atoms with Crippen LogP contribution in [0.25, 0.3) is 11.0 Å². The van der Waals surface area contributed by atoms with E-state index in [2.05, 4.69) is 6.92 Å². The molecule has 0 fully saturated rings. The lowest BCUT2D eigenvalue weighted by atomic mass is 9.89. The van der Waals surface area contributed by atoms with E-state index in [-0.39, 0.29) is 12.5 Å². The average Bonchev–Trinajstić information content (AvgIpc) is 3.17. The molecule has 0 aliphatic carbocycles. The standard InChI is InChI=1S/C24H27N3O4/c1-4-6-15-26-22(28)20(23(29)31-5-2)21(16-11-13-17(30-3)14-12-16)27-19-10-8-7-9-18(19)25-24(26)27/h7-14,20-21H,4-6,15H2,1-3H3. The van der Waals surface area contributed by atoms with Gasteiger partial charge < -0.3 is 14.0 Å². The Morgan fingerprint density at radius 3 is 2.52 bits per heavy atom. The van der Waals surface area contributed by atoms with Gasteiger partial charge >= 0.3 is 5.97 Å². The molecule has 0 saturated carbocycles. The minimum absolute atomic E-state index is 0.213. The van der Waals surface area contributed by atoms with Crippen LogP contribution in [0.1, 0.15) is 38.3 Å². The van der Waals surface area contributed by atoms with Crippen molar-refractivity contribution in [2.24, 2.45) is 5.92 Å². The molecule has 0 N–H and O–H groups in total. The summed E-state index contributed by atoms with van der Waals surface area (Å²) in [4.78, 5) is 33.1. The van der Waals surface area contributed by atoms with Crippen LogP contribution in [0.2, 0.25) is 0 Å². The molecule has 2 unspecified atom stereocenters. The Morgan fingerprint density at radius 1 is 1.10 bits per heavy atom. The van der Waals surface area contributed by atoms with E-state index in [4.69, 9.17) is 14.5 Å². The molecule has 162 valence electrons. The molecule has 0 radical (unpaired) electrons. The molecule has 1 aliphatic rings. The van der Waals surface area contributed by atoms with Gasteiger partial charge in [-0.05, 0) is 43.2 Å². The van der Waals surface area contributed by atoms with Crippen molar-refractivity contribution in [1.29, 1.82) is 0 Å². The first kappa shape index (κ1) is 20.9. The number of anilines is 1. The van der Waals surface area contributed by atoms with E-state index < -0.39 is 17.9 Å². The summed E-state index contributed by atoms with van der Waals surface area (Å²) in [6.07, 6.45) is 1.74. The number of ether oxygens (including phenoxy) is 2. The lowest BCUT2D eigenvalue weighted by molar-refractivity contribution is -0.153. The summed E-state index contributed by atoms with van der Waals surface area (Å²) in [7, 11) is 1.60. The van der Waals surface area contributed by atoms with Crippen molar-refractivity contribution in [2.75, 3.05) is 25.2 Å². The highest BCUT2D eigenvalue weighted by Crippen LogP contribution is 2.41. The number of benzene rings is 2. The number of amides is 1. The van der Waals surface area contributed by atoms with Crippen LogP contribution in [0, 0.1) is 5.92 Å². The Labute approximate surface area is 181 Å². The van der Waals surface area contributed by atoms with Crippen LogP contribution in [0.3, 0.4) is 0 Å². The Balaban J connectivity index is 1.95. The van der Waals surface area contributed by atoms with Gasteiger partial charge in [0, 0.05) is 6.54 Å². The van der Waals surface area contributed by atoms with Gasteiger partial charge in [-0.3, -0.25) is 14.5 Å². The maximum atomic E-state index is 13.6. The second kappa shape index (κ2) is 8.79. The Bertz CT molecular complexity index is 1090. The zero-order valence-electron chi connectivity index (χ0n) is 18.1. The summed E-state index contributed by atoms with van der Waals surface area (Å²) in [5.74, 6) is -0.496. The molecular weight excluding hydrogens is 394 g/mol. The quantitative estimate of drug-likeness (QED) is 0.426. The Kier molecular flexibility index (Phi) is 5.93. The molecule has 2 heterocycles. The second-order valence-electron chi connectivity index (χ2n) is 7.56. The topological polar surface area (TPSA) is 73.7 Å². The maximum absolute atomic E-state index is 13.6. The summed E-state index contributed by atoms with van der Waals surface area (Å²) in [6, 6.07) is 14.7. The first-order chi connectivity index (χ1) is 15.1. The lowest BCUT2D eigenvalue weighted by Crippen LogP contribution is -2.50. The van der Waals surface area contributed by atoms with Crippen LogP contribution in [0.4, 0.5) is 5.95 Å². The molecule has 7 heteroatoms. The zero-order valence-corrected chi connectivity index (χ0v) is 18.1. The van der Waals surface area contributed by atoms with Crippen molar-refractivity contribution >= 4 is 28.9 Å². The molecule has 0 saturated heterocycles. The van der Waals surface area contributed by atoms with E-state index >= 15 is 0 Å². The van der Waals surface area contributed by atoms with E-state index in [1.165, 1.54) is 0 Å². The number of carbonyl (C=O) groups is 2. The van der Waals surface area contributed by atoms with Gasteiger partial charge in [0.05, 0.1) is 30.8 Å². The predicted molar refractivity (Wildman–Crippen MR) is 118 cm³/mol. The number of nitrogens with zero attached hydrogens (tertiary/aromatic N) is 3. The van der Waals surface area contributed by atoms with Crippen molar-refractivity contribution in [2.45, 2.75) is 32.7 Å². The largest absolute Gasteiger partial charge is 0.497 e. The number of fused-ring (bicyclic) bond motifs is 3. The van der Waals surface area contributed by atoms with E-state index in [1.807, 2.05) is 53.1 Å².